The SMILES string of the molecule is CCCCOCCOCCNC(=NC)NCC(C)(C)c1ccccc1.I. The van der Waals surface area contributed by atoms with Crippen LogP contribution in [0.15, 0.2) is 35.3 Å². The van der Waals surface area contributed by atoms with E-state index in [2.05, 4.69) is 60.7 Å². The molecule has 0 aromatic heterocycles. The molecule has 0 aliphatic rings. The zero-order chi connectivity index (χ0) is 18.4. The summed E-state index contributed by atoms with van der Waals surface area (Å²) in [6.45, 7) is 10.9. The van der Waals surface area contributed by atoms with Gasteiger partial charge in [-0.15, -0.1) is 24.0 Å². The second-order valence-electron chi connectivity index (χ2n) is 6.68. The van der Waals surface area contributed by atoms with Crippen molar-refractivity contribution < 1.29 is 9.47 Å². The number of ether oxygens (including phenoxy) is 2. The molecule has 0 aliphatic heterocycles. The number of unbranched alkanes of at least 4 members (excludes halogenated alkanes) is 1. The van der Waals surface area contributed by atoms with Gasteiger partial charge in [0.15, 0.2) is 5.96 Å². The summed E-state index contributed by atoms with van der Waals surface area (Å²) >= 11 is 0. The minimum absolute atomic E-state index is 0. The monoisotopic (exact) mass is 477 g/mol. The molecule has 0 atom stereocenters. The van der Waals surface area contributed by atoms with E-state index < -0.39 is 0 Å². The summed E-state index contributed by atoms with van der Waals surface area (Å²) in [5, 5.41) is 6.67. The third-order valence-electron chi connectivity index (χ3n) is 4.03. The summed E-state index contributed by atoms with van der Waals surface area (Å²) in [7, 11) is 1.78. The van der Waals surface area contributed by atoms with Crippen LogP contribution in [0.4, 0.5) is 0 Å². The minimum Gasteiger partial charge on any atom is -0.379 e. The number of hydrogen-bond acceptors (Lipinski definition) is 3. The van der Waals surface area contributed by atoms with E-state index >= 15 is 0 Å². The minimum atomic E-state index is 0. The Morgan fingerprint density at radius 2 is 1.65 bits per heavy atom. The van der Waals surface area contributed by atoms with Crippen LogP contribution in [-0.4, -0.2) is 52.5 Å². The van der Waals surface area contributed by atoms with E-state index in [0.29, 0.717) is 19.8 Å². The average Bonchev–Trinajstić information content (AvgIpc) is 2.63. The van der Waals surface area contributed by atoms with Crippen LogP contribution in [0, 0.1) is 0 Å². The van der Waals surface area contributed by atoms with Crippen LogP contribution < -0.4 is 10.6 Å². The number of halogens is 1. The van der Waals surface area contributed by atoms with Gasteiger partial charge in [0.1, 0.15) is 0 Å². The lowest BCUT2D eigenvalue weighted by Gasteiger charge is -2.26. The second-order valence-corrected chi connectivity index (χ2v) is 6.68. The highest BCUT2D eigenvalue weighted by molar-refractivity contribution is 14.0. The third kappa shape index (κ3) is 11.0. The Hall–Kier alpha value is -0.860. The predicted octanol–water partition coefficient (Wildman–Crippen LogP) is 3.58. The van der Waals surface area contributed by atoms with Crippen molar-refractivity contribution >= 4 is 29.9 Å². The second kappa shape index (κ2) is 15.2. The number of nitrogens with one attached hydrogen (secondary N) is 2. The Morgan fingerprint density at radius 3 is 2.27 bits per heavy atom. The summed E-state index contributed by atoms with van der Waals surface area (Å²) in [6.07, 6.45) is 2.28. The van der Waals surface area contributed by atoms with Crippen molar-refractivity contribution in [3.8, 4) is 0 Å². The van der Waals surface area contributed by atoms with Gasteiger partial charge in [-0.25, -0.2) is 0 Å². The van der Waals surface area contributed by atoms with Gasteiger partial charge in [-0.05, 0) is 12.0 Å². The molecule has 150 valence electrons. The molecule has 0 fully saturated rings. The van der Waals surface area contributed by atoms with E-state index in [1.165, 1.54) is 5.56 Å². The van der Waals surface area contributed by atoms with Gasteiger partial charge in [0, 0.05) is 32.2 Å². The standard InChI is InChI=1S/C20H35N3O2.HI/c1-5-6-13-24-15-16-25-14-12-22-19(21-4)23-17-20(2,3)18-10-8-7-9-11-18;/h7-11H,5-6,12-17H2,1-4H3,(H2,21,22,23);1H. The summed E-state index contributed by atoms with van der Waals surface area (Å²) in [4.78, 5) is 4.27. The molecule has 0 radical (unpaired) electrons. The lowest BCUT2D eigenvalue weighted by Crippen LogP contribution is -2.44. The van der Waals surface area contributed by atoms with E-state index in [1.807, 2.05) is 6.07 Å². The van der Waals surface area contributed by atoms with Crippen molar-refractivity contribution in [1.29, 1.82) is 0 Å². The molecular weight excluding hydrogens is 441 g/mol. The van der Waals surface area contributed by atoms with Crippen molar-refractivity contribution in [2.45, 2.75) is 39.0 Å². The largest absolute Gasteiger partial charge is 0.379 e. The van der Waals surface area contributed by atoms with Crippen LogP contribution in [0.1, 0.15) is 39.2 Å². The molecule has 0 saturated heterocycles. The molecule has 0 heterocycles. The topological polar surface area (TPSA) is 54.9 Å². The quantitative estimate of drug-likeness (QED) is 0.209. The number of aliphatic imine (C=N–C) groups is 1. The normalized spacial score (nSPS) is 11.8. The number of nitrogens with zero attached hydrogens (tertiary/aromatic N) is 1. The number of hydrogen-bond donors (Lipinski definition) is 2. The van der Waals surface area contributed by atoms with E-state index in [1.54, 1.807) is 7.05 Å². The van der Waals surface area contributed by atoms with Crippen LogP contribution in [0.2, 0.25) is 0 Å². The fourth-order valence-electron chi connectivity index (χ4n) is 2.33. The first-order valence-electron chi connectivity index (χ1n) is 9.25. The highest BCUT2D eigenvalue weighted by atomic mass is 127. The van der Waals surface area contributed by atoms with E-state index in [4.69, 9.17) is 9.47 Å². The molecule has 1 aromatic carbocycles. The fourth-order valence-corrected chi connectivity index (χ4v) is 2.33. The molecule has 2 N–H and O–H groups in total. The Bertz CT molecular complexity index is 481. The highest BCUT2D eigenvalue weighted by Crippen LogP contribution is 2.21. The molecule has 0 aliphatic carbocycles. The van der Waals surface area contributed by atoms with Gasteiger partial charge in [0.2, 0.25) is 0 Å². The molecule has 0 unspecified atom stereocenters. The van der Waals surface area contributed by atoms with Crippen LogP contribution >= 0.6 is 24.0 Å². The van der Waals surface area contributed by atoms with Crippen molar-refractivity contribution in [1.82, 2.24) is 10.6 Å². The molecule has 1 rings (SSSR count). The van der Waals surface area contributed by atoms with Crippen molar-refractivity contribution in [2.24, 2.45) is 4.99 Å². The van der Waals surface area contributed by atoms with Crippen LogP contribution in [0.3, 0.4) is 0 Å². The summed E-state index contributed by atoms with van der Waals surface area (Å²) in [5.74, 6) is 0.798. The number of guanidine groups is 1. The summed E-state index contributed by atoms with van der Waals surface area (Å²) < 4.78 is 11.0. The number of rotatable bonds is 12. The molecular formula is C20H36IN3O2. The molecule has 26 heavy (non-hydrogen) atoms. The molecule has 1 aromatic rings. The van der Waals surface area contributed by atoms with E-state index in [-0.39, 0.29) is 29.4 Å². The Labute approximate surface area is 176 Å². The van der Waals surface area contributed by atoms with Crippen molar-refractivity contribution in [3.63, 3.8) is 0 Å². The third-order valence-corrected chi connectivity index (χ3v) is 4.03. The predicted molar refractivity (Wildman–Crippen MR) is 121 cm³/mol. The van der Waals surface area contributed by atoms with Crippen LogP contribution in [-0.2, 0) is 14.9 Å². The maximum absolute atomic E-state index is 5.55. The maximum Gasteiger partial charge on any atom is 0.191 e. The van der Waals surface area contributed by atoms with Crippen LogP contribution in [0.5, 0.6) is 0 Å². The molecule has 0 spiro atoms. The smallest absolute Gasteiger partial charge is 0.191 e. The van der Waals surface area contributed by atoms with Gasteiger partial charge >= 0.3 is 0 Å². The Morgan fingerprint density at radius 1 is 1.00 bits per heavy atom. The van der Waals surface area contributed by atoms with Gasteiger partial charge < -0.3 is 20.1 Å². The van der Waals surface area contributed by atoms with Crippen molar-refractivity contribution in [2.75, 3.05) is 46.6 Å². The first-order valence-corrected chi connectivity index (χ1v) is 9.25. The van der Waals surface area contributed by atoms with Gasteiger partial charge in [0.05, 0.1) is 19.8 Å². The molecule has 5 nitrogen and oxygen atoms in total. The lowest BCUT2D eigenvalue weighted by molar-refractivity contribution is 0.0487. The Balaban J connectivity index is 0.00000625. The molecule has 0 amide bonds. The van der Waals surface area contributed by atoms with Gasteiger partial charge in [-0.1, -0.05) is 57.5 Å². The zero-order valence-electron chi connectivity index (χ0n) is 16.7. The first kappa shape index (κ1) is 25.1. The van der Waals surface area contributed by atoms with Gasteiger partial charge in [0.25, 0.3) is 0 Å². The Kier molecular flexibility index (Phi) is 14.7. The molecule has 0 bridgehead atoms. The van der Waals surface area contributed by atoms with Gasteiger partial charge in [-0.3, -0.25) is 4.99 Å². The summed E-state index contributed by atoms with van der Waals surface area (Å²) in [5.41, 5.74) is 1.34. The van der Waals surface area contributed by atoms with E-state index in [9.17, 15) is 0 Å². The van der Waals surface area contributed by atoms with Crippen molar-refractivity contribution in [3.05, 3.63) is 35.9 Å². The fraction of sp³-hybridized carbons (Fsp3) is 0.650. The lowest BCUT2D eigenvalue weighted by atomic mass is 9.85. The maximum atomic E-state index is 5.55. The summed E-state index contributed by atoms with van der Waals surface area (Å²) in [6, 6.07) is 10.5. The van der Waals surface area contributed by atoms with E-state index in [0.717, 1.165) is 38.5 Å². The zero-order valence-corrected chi connectivity index (χ0v) is 19.0. The van der Waals surface area contributed by atoms with Gasteiger partial charge in [-0.2, -0.15) is 0 Å². The van der Waals surface area contributed by atoms with Crippen LogP contribution in [0.25, 0.3) is 0 Å². The average molecular weight is 477 g/mol. The highest BCUT2D eigenvalue weighted by Gasteiger charge is 2.20. The number of benzene rings is 1. The molecule has 6 heteroatoms. The first-order chi connectivity index (χ1) is 12.1. The molecule has 0 saturated carbocycles.